The number of nitrogens with one attached hydrogen (secondary N) is 1. The molecule has 2 atom stereocenters. The van der Waals surface area contributed by atoms with Crippen LogP contribution in [0.2, 0.25) is 0 Å². The summed E-state index contributed by atoms with van der Waals surface area (Å²) in [7, 11) is 1.78. The van der Waals surface area contributed by atoms with Crippen molar-refractivity contribution in [1.82, 2.24) is 10.2 Å². The lowest BCUT2D eigenvalue weighted by molar-refractivity contribution is -0.128. The minimum atomic E-state index is -0.324. The number of benzene rings is 1. The van der Waals surface area contributed by atoms with Crippen LogP contribution < -0.4 is 5.32 Å². The highest BCUT2D eigenvalue weighted by atomic mass is 32.1. The summed E-state index contributed by atoms with van der Waals surface area (Å²) in [6.07, 6.45) is 0.276. The first-order valence-corrected chi connectivity index (χ1v) is 8.57. The summed E-state index contributed by atoms with van der Waals surface area (Å²) < 4.78 is 0. The van der Waals surface area contributed by atoms with E-state index in [0.717, 1.165) is 16.0 Å². The lowest BCUT2D eigenvalue weighted by atomic mass is 9.97. The minimum Gasteiger partial charge on any atom is -0.352 e. The quantitative estimate of drug-likeness (QED) is 0.938. The molecular weight excluding hydrogens is 308 g/mol. The van der Waals surface area contributed by atoms with E-state index < -0.39 is 0 Å². The second-order valence-electron chi connectivity index (χ2n) is 5.92. The molecule has 1 aliphatic heterocycles. The summed E-state index contributed by atoms with van der Waals surface area (Å²) in [6, 6.07) is 11.8. The van der Waals surface area contributed by atoms with Crippen LogP contribution in [0.25, 0.3) is 0 Å². The first kappa shape index (κ1) is 15.7. The van der Waals surface area contributed by atoms with Gasteiger partial charge < -0.3 is 10.2 Å². The van der Waals surface area contributed by atoms with Gasteiger partial charge in [-0.2, -0.15) is 0 Å². The van der Waals surface area contributed by atoms with E-state index >= 15 is 0 Å². The number of thiophene rings is 1. The number of carbonyl (C=O) groups is 2. The van der Waals surface area contributed by atoms with Crippen LogP contribution in [0.15, 0.2) is 41.8 Å². The maximum atomic E-state index is 12.6. The van der Waals surface area contributed by atoms with Gasteiger partial charge in [-0.3, -0.25) is 9.59 Å². The van der Waals surface area contributed by atoms with Gasteiger partial charge in [0, 0.05) is 24.9 Å². The standard InChI is InChI=1S/C18H20N2O2S/c1-12-6-3-4-7-13(12)11-19-18(22)14-10-16(21)20(2)17(14)15-8-5-9-23-15/h3-9,14,17H,10-11H2,1-2H3,(H,19,22)/t14-,17-/m0/s1. The Balaban J connectivity index is 1.73. The molecule has 1 aromatic heterocycles. The van der Waals surface area contributed by atoms with Crippen LogP contribution in [0, 0.1) is 12.8 Å². The van der Waals surface area contributed by atoms with Gasteiger partial charge in [0.25, 0.3) is 0 Å². The van der Waals surface area contributed by atoms with E-state index in [2.05, 4.69) is 5.32 Å². The molecule has 0 radical (unpaired) electrons. The number of hydrogen-bond donors (Lipinski definition) is 1. The van der Waals surface area contributed by atoms with Crippen molar-refractivity contribution in [2.24, 2.45) is 5.92 Å². The van der Waals surface area contributed by atoms with Gasteiger partial charge in [0.05, 0.1) is 12.0 Å². The monoisotopic (exact) mass is 328 g/mol. The van der Waals surface area contributed by atoms with Crippen LogP contribution in [0.1, 0.15) is 28.5 Å². The van der Waals surface area contributed by atoms with Crippen LogP contribution in [0.3, 0.4) is 0 Å². The summed E-state index contributed by atoms with van der Waals surface area (Å²) >= 11 is 1.59. The van der Waals surface area contributed by atoms with Crippen molar-refractivity contribution in [3.8, 4) is 0 Å². The van der Waals surface area contributed by atoms with Gasteiger partial charge in [0.1, 0.15) is 0 Å². The summed E-state index contributed by atoms with van der Waals surface area (Å²) in [5.41, 5.74) is 2.26. The molecule has 0 unspecified atom stereocenters. The Morgan fingerprint density at radius 3 is 2.78 bits per heavy atom. The van der Waals surface area contributed by atoms with E-state index in [-0.39, 0.29) is 30.2 Å². The molecule has 0 aliphatic carbocycles. The largest absolute Gasteiger partial charge is 0.352 e. The van der Waals surface area contributed by atoms with Crippen molar-refractivity contribution < 1.29 is 9.59 Å². The summed E-state index contributed by atoms with van der Waals surface area (Å²) in [5.74, 6) is -0.348. The number of aryl methyl sites for hydroxylation is 1. The van der Waals surface area contributed by atoms with Gasteiger partial charge in [-0.15, -0.1) is 11.3 Å². The number of carbonyl (C=O) groups excluding carboxylic acids is 2. The molecule has 120 valence electrons. The minimum absolute atomic E-state index is 0.0273. The molecule has 2 amide bonds. The Kier molecular flexibility index (Phi) is 4.48. The highest BCUT2D eigenvalue weighted by Gasteiger charge is 2.43. The predicted octanol–water partition coefficient (Wildman–Crippen LogP) is 2.89. The topological polar surface area (TPSA) is 49.4 Å². The fraction of sp³-hybridized carbons (Fsp3) is 0.333. The van der Waals surface area contributed by atoms with E-state index in [4.69, 9.17) is 0 Å². The van der Waals surface area contributed by atoms with E-state index in [9.17, 15) is 9.59 Å². The SMILES string of the molecule is Cc1ccccc1CNC(=O)[C@H]1CC(=O)N(C)[C@@H]1c1cccs1. The Morgan fingerprint density at radius 1 is 1.30 bits per heavy atom. The van der Waals surface area contributed by atoms with E-state index in [1.807, 2.05) is 48.7 Å². The van der Waals surface area contributed by atoms with Gasteiger partial charge in [-0.1, -0.05) is 30.3 Å². The Morgan fingerprint density at radius 2 is 2.09 bits per heavy atom. The van der Waals surface area contributed by atoms with Crippen LogP contribution >= 0.6 is 11.3 Å². The van der Waals surface area contributed by atoms with Crippen molar-refractivity contribution in [2.45, 2.75) is 25.9 Å². The molecule has 2 aromatic rings. The molecule has 4 nitrogen and oxygen atoms in total. The van der Waals surface area contributed by atoms with E-state index in [1.165, 1.54) is 0 Å². The second kappa shape index (κ2) is 6.54. The Bertz CT molecular complexity index is 712. The fourth-order valence-electron chi connectivity index (χ4n) is 3.08. The molecule has 1 N–H and O–H groups in total. The maximum absolute atomic E-state index is 12.6. The van der Waals surface area contributed by atoms with Crippen LogP contribution in [-0.4, -0.2) is 23.8 Å². The molecule has 1 aromatic carbocycles. The van der Waals surface area contributed by atoms with E-state index in [0.29, 0.717) is 6.54 Å². The molecule has 3 rings (SSSR count). The van der Waals surface area contributed by atoms with Gasteiger partial charge in [0.2, 0.25) is 11.8 Å². The summed E-state index contributed by atoms with van der Waals surface area (Å²) in [6.45, 7) is 2.53. The molecule has 1 saturated heterocycles. The van der Waals surface area contributed by atoms with Gasteiger partial charge >= 0.3 is 0 Å². The molecule has 2 heterocycles. The second-order valence-corrected chi connectivity index (χ2v) is 6.90. The molecule has 0 bridgehead atoms. The van der Waals surface area contributed by atoms with Crippen molar-refractivity contribution in [2.75, 3.05) is 7.05 Å². The zero-order valence-corrected chi connectivity index (χ0v) is 14.1. The lowest BCUT2D eigenvalue weighted by Crippen LogP contribution is -2.34. The number of rotatable bonds is 4. The first-order chi connectivity index (χ1) is 11.1. The Labute approximate surface area is 140 Å². The molecule has 5 heteroatoms. The third-order valence-corrected chi connectivity index (χ3v) is 5.42. The molecular formula is C18H20N2O2S. The number of likely N-dealkylation sites (tertiary alicyclic amines) is 1. The average molecular weight is 328 g/mol. The summed E-state index contributed by atoms with van der Waals surface area (Å²) in [4.78, 5) is 27.5. The lowest BCUT2D eigenvalue weighted by Gasteiger charge is -2.23. The first-order valence-electron chi connectivity index (χ1n) is 7.69. The molecule has 0 saturated carbocycles. The van der Waals surface area contributed by atoms with E-state index in [1.54, 1.807) is 23.3 Å². The number of hydrogen-bond acceptors (Lipinski definition) is 3. The molecule has 23 heavy (non-hydrogen) atoms. The normalized spacial score (nSPS) is 20.8. The van der Waals surface area contributed by atoms with Crippen LogP contribution in [0.5, 0.6) is 0 Å². The van der Waals surface area contributed by atoms with Crippen LogP contribution in [0.4, 0.5) is 0 Å². The van der Waals surface area contributed by atoms with Gasteiger partial charge in [-0.25, -0.2) is 0 Å². The Hall–Kier alpha value is -2.14. The fourth-order valence-corrected chi connectivity index (χ4v) is 4.01. The third-order valence-electron chi connectivity index (χ3n) is 4.47. The highest BCUT2D eigenvalue weighted by molar-refractivity contribution is 7.10. The van der Waals surface area contributed by atoms with Gasteiger partial charge in [-0.05, 0) is 29.5 Å². The smallest absolute Gasteiger partial charge is 0.226 e. The van der Waals surface area contributed by atoms with Crippen molar-refractivity contribution in [1.29, 1.82) is 0 Å². The van der Waals surface area contributed by atoms with Crippen molar-refractivity contribution >= 4 is 23.2 Å². The zero-order chi connectivity index (χ0) is 16.4. The maximum Gasteiger partial charge on any atom is 0.226 e. The highest BCUT2D eigenvalue weighted by Crippen LogP contribution is 2.39. The molecule has 1 fully saturated rings. The van der Waals surface area contributed by atoms with Crippen molar-refractivity contribution in [3.05, 3.63) is 57.8 Å². The van der Waals surface area contributed by atoms with Gasteiger partial charge in [0.15, 0.2) is 0 Å². The number of nitrogens with zero attached hydrogens (tertiary/aromatic N) is 1. The predicted molar refractivity (Wildman–Crippen MR) is 91.0 cm³/mol. The zero-order valence-electron chi connectivity index (χ0n) is 13.3. The number of amides is 2. The van der Waals surface area contributed by atoms with Crippen LogP contribution in [-0.2, 0) is 16.1 Å². The third kappa shape index (κ3) is 3.15. The average Bonchev–Trinajstić information content (AvgIpc) is 3.15. The molecule has 0 spiro atoms. The molecule has 1 aliphatic rings. The summed E-state index contributed by atoms with van der Waals surface area (Å²) in [5, 5.41) is 4.98. The van der Waals surface area contributed by atoms with Crippen molar-refractivity contribution in [3.63, 3.8) is 0 Å².